The Bertz CT molecular complexity index is 1040. The third kappa shape index (κ3) is 1.57. The van der Waals surface area contributed by atoms with Gasteiger partial charge in [-0.1, -0.05) is 60.7 Å². The van der Waals surface area contributed by atoms with E-state index in [1.807, 2.05) is 0 Å². The van der Waals surface area contributed by atoms with E-state index < -0.39 is 0 Å². The number of rotatable bonds is 1. The van der Waals surface area contributed by atoms with Gasteiger partial charge in [-0.2, -0.15) is 0 Å². The van der Waals surface area contributed by atoms with E-state index in [1.54, 1.807) is 0 Å². The zero-order chi connectivity index (χ0) is 14.7. The van der Waals surface area contributed by atoms with E-state index >= 15 is 0 Å². The Hall–Kier alpha value is -2.38. The molecule has 0 amide bonds. The number of hydrogen-bond donors (Lipinski definition) is 0. The van der Waals surface area contributed by atoms with Gasteiger partial charge in [0.2, 0.25) is 0 Å². The summed E-state index contributed by atoms with van der Waals surface area (Å²) in [7, 11) is 0. The summed E-state index contributed by atoms with van der Waals surface area (Å²) in [6.45, 7) is 3.09. The van der Waals surface area contributed by atoms with Crippen molar-refractivity contribution in [3.05, 3.63) is 71.8 Å². The number of fused-ring (bicyclic) bond motifs is 4. The van der Waals surface area contributed by atoms with Gasteiger partial charge < -0.3 is 4.74 Å². The maximum Gasteiger partial charge on any atom is 0.107 e. The summed E-state index contributed by atoms with van der Waals surface area (Å²) < 4.78 is 5.66. The maximum absolute atomic E-state index is 5.66. The highest BCUT2D eigenvalue weighted by Crippen LogP contribution is 2.43. The lowest BCUT2D eigenvalue weighted by atomic mass is 9.88. The van der Waals surface area contributed by atoms with Crippen LogP contribution in [-0.4, -0.2) is 6.61 Å². The SMILES string of the molecule is Cc1c2ccccc2c(C2CO2)c2ccc3ccccc3c12. The van der Waals surface area contributed by atoms with Crippen molar-refractivity contribution >= 4 is 32.3 Å². The minimum absolute atomic E-state index is 0.258. The second kappa shape index (κ2) is 4.31. The van der Waals surface area contributed by atoms with Gasteiger partial charge in [-0.05, 0) is 50.4 Å². The molecule has 0 saturated carbocycles. The Balaban J connectivity index is 2.11. The van der Waals surface area contributed by atoms with Crippen LogP contribution in [0.2, 0.25) is 0 Å². The summed E-state index contributed by atoms with van der Waals surface area (Å²) >= 11 is 0. The lowest BCUT2D eigenvalue weighted by molar-refractivity contribution is 0.418. The van der Waals surface area contributed by atoms with Crippen molar-refractivity contribution in [2.75, 3.05) is 6.61 Å². The van der Waals surface area contributed by atoms with Gasteiger partial charge in [-0.25, -0.2) is 0 Å². The molecule has 1 fully saturated rings. The quantitative estimate of drug-likeness (QED) is 0.254. The van der Waals surface area contributed by atoms with Crippen molar-refractivity contribution in [3.8, 4) is 0 Å². The van der Waals surface area contributed by atoms with Crippen molar-refractivity contribution < 1.29 is 4.74 Å². The minimum atomic E-state index is 0.258. The molecule has 1 aliphatic heterocycles. The Morgan fingerprint density at radius 1 is 0.773 bits per heavy atom. The fraction of sp³-hybridized carbons (Fsp3) is 0.143. The highest BCUT2D eigenvalue weighted by Gasteiger charge is 2.29. The minimum Gasteiger partial charge on any atom is -0.368 e. The molecule has 4 aromatic carbocycles. The number of benzene rings is 4. The third-order valence-corrected chi connectivity index (χ3v) is 4.87. The van der Waals surface area contributed by atoms with Crippen molar-refractivity contribution in [1.82, 2.24) is 0 Å². The molecule has 0 N–H and O–H groups in total. The van der Waals surface area contributed by atoms with E-state index in [4.69, 9.17) is 4.74 Å². The summed E-state index contributed by atoms with van der Waals surface area (Å²) in [4.78, 5) is 0. The molecule has 0 radical (unpaired) electrons. The second-order valence-corrected chi connectivity index (χ2v) is 6.12. The topological polar surface area (TPSA) is 12.5 Å². The predicted molar refractivity (Wildman–Crippen MR) is 92.4 cm³/mol. The fourth-order valence-electron chi connectivity index (χ4n) is 3.79. The van der Waals surface area contributed by atoms with Gasteiger partial charge in [0.15, 0.2) is 0 Å². The Morgan fingerprint density at radius 3 is 2.23 bits per heavy atom. The Morgan fingerprint density at radius 2 is 1.45 bits per heavy atom. The van der Waals surface area contributed by atoms with Gasteiger partial charge >= 0.3 is 0 Å². The lowest BCUT2D eigenvalue weighted by Crippen LogP contribution is -1.92. The molecule has 1 heteroatoms. The van der Waals surface area contributed by atoms with Crippen LogP contribution in [0.3, 0.4) is 0 Å². The van der Waals surface area contributed by atoms with Gasteiger partial charge in [0.05, 0.1) is 6.61 Å². The molecule has 1 atom stereocenters. The monoisotopic (exact) mass is 284 g/mol. The standard InChI is InChI=1S/C21H16O/c1-13-15-7-4-5-9-17(15)21(19-12-22-19)18-11-10-14-6-2-3-8-16(14)20(13)18/h2-11,19H,12H2,1H3. The van der Waals surface area contributed by atoms with Crippen LogP contribution in [0.1, 0.15) is 17.2 Å². The maximum atomic E-state index is 5.66. The molecule has 0 bridgehead atoms. The largest absolute Gasteiger partial charge is 0.368 e. The van der Waals surface area contributed by atoms with Crippen molar-refractivity contribution in [1.29, 1.82) is 0 Å². The van der Waals surface area contributed by atoms with Gasteiger partial charge in [-0.15, -0.1) is 0 Å². The molecule has 1 aliphatic rings. The molecule has 0 aromatic heterocycles. The van der Waals surface area contributed by atoms with Crippen LogP contribution in [-0.2, 0) is 4.74 Å². The Labute approximate surface area is 129 Å². The first kappa shape index (κ1) is 12.2. The first-order valence-electron chi connectivity index (χ1n) is 7.79. The average Bonchev–Trinajstić information content (AvgIpc) is 3.39. The molecule has 0 spiro atoms. The fourth-order valence-corrected chi connectivity index (χ4v) is 3.79. The van der Waals surface area contributed by atoms with E-state index in [0.717, 1.165) is 6.61 Å². The van der Waals surface area contributed by atoms with Crippen LogP contribution in [0.4, 0.5) is 0 Å². The van der Waals surface area contributed by atoms with Gasteiger partial charge in [0.1, 0.15) is 6.10 Å². The summed E-state index contributed by atoms with van der Waals surface area (Å²) in [5.74, 6) is 0. The molecular formula is C21H16O. The van der Waals surface area contributed by atoms with E-state index in [0.29, 0.717) is 0 Å². The molecule has 22 heavy (non-hydrogen) atoms. The van der Waals surface area contributed by atoms with Crippen LogP contribution in [0, 0.1) is 6.92 Å². The van der Waals surface area contributed by atoms with E-state index in [2.05, 4.69) is 67.6 Å². The second-order valence-electron chi connectivity index (χ2n) is 6.12. The normalized spacial score (nSPS) is 17.4. The number of hydrogen-bond acceptors (Lipinski definition) is 1. The number of epoxide rings is 1. The predicted octanol–water partition coefficient (Wildman–Crippen LogP) is 5.53. The van der Waals surface area contributed by atoms with Crippen LogP contribution in [0.5, 0.6) is 0 Å². The van der Waals surface area contributed by atoms with E-state index in [1.165, 1.54) is 43.4 Å². The Kier molecular flexibility index (Phi) is 2.39. The van der Waals surface area contributed by atoms with Crippen LogP contribution in [0.15, 0.2) is 60.7 Å². The summed E-state index contributed by atoms with van der Waals surface area (Å²) in [6.07, 6.45) is 0.258. The summed E-state index contributed by atoms with van der Waals surface area (Å²) in [5, 5.41) is 8.04. The molecule has 106 valence electrons. The molecule has 1 nitrogen and oxygen atoms in total. The van der Waals surface area contributed by atoms with E-state index in [9.17, 15) is 0 Å². The smallest absolute Gasteiger partial charge is 0.107 e. The van der Waals surface area contributed by atoms with Crippen LogP contribution < -0.4 is 0 Å². The number of ether oxygens (including phenoxy) is 1. The van der Waals surface area contributed by atoms with Gasteiger partial charge in [0.25, 0.3) is 0 Å². The zero-order valence-electron chi connectivity index (χ0n) is 12.5. The van der Waals surface area contributed by atoms with E-state index in [-0.39, 0.29) is 6.10 Å². The highest BCUT2D eigenvalue weighted by atomic mass is 16.6. The molecule has 1 heterocycles. The molecular weight excluding hydrogens is 268 g/mol. The molecule has 1 saturated heterocycles. The lowest BCUT2D eigenvalue weighted by Gasteiger charge is -2.15. The van der Waals surface area contributed by atoms with Gasteiger partial charge in [0, 0.05) is 0 Å². The summed E-state index contributed by atoms with van der Waals surface area (Å²) in [6, 6.07) is 21.9. The molecule has 4 aromatic rings. The average molecular weight is 284 g/mol. The van der Waals surface area contributed by atoms with Crippen molar-refractivity contribution in [2.24, 2.45) is 0 Å². The van der Waals surface area contributed by atoms with Crippen LogP contribution >= 0.6 is 0 Å². The van der Waals surface area contributed by atoms with Crippen molar-refractivity contribution in [3.63, 3.8) is 0 Å². The summed E-state index contributed by atoms with van der Waals surface area (Å²) in [5.41, 5.74) is 2.73. The van der Waals surface area contributed by atoms with Crippen molar-refractivity contribution in [2.45, 2.75) is 13.0 Å². The molecule has 5 rings (SSSR count). The number of aryl methyl sites for hydroxylation is 1. The first-order chi connectivity index (χ1) is 10.8. The zero-order valence-corrected chi connectivity index (χ0v) is 12.5. The highest BCUT2D eigenvalue weighted by molar-refractivity contribution is 6.16. The molecule has 1 unspecified atom stereocenters. The van der Waals surface area contributed by atoms with Gasteiger partial charge in [-0.3, -0.25) is 0 Å². The third-order valence-electron chi connectivity index (χ3n) is 4.87. The molecule has 0 aliphatic carbocycles. The first-order valence-corrected chi connectivity index (χ1v) is 7.79. The van der Waals surface area contributed by atoms with Crippen LogP contribution in [0.25, 0.3) is 32.3 Å².